The number of methoxy groups -OCH3 is 1. The van der Waals surface area contributed by atoms with Crippen LogP contribution in [-0.2, 0) is 14.3 Å². The minimum Gasteiger partial charge on any atom is -0.453 e. The van der Waals surface area contributed by atoms with Gasteiger partial charge in [0.1, 0.15) is 12.1 Å². The number of carbonyl (C=O) groups excluding carboxylic acids is 3. The summed E-state index contributed by atoms with van der Waals surface area (Å²) in [7, 11) is 1.25. The average Bonchev–Trinajstić information content (AvgIpc) is 3.10. The molecule has 0 radical (unpaired) electrons. The Morgan fingerprint density at radius 2 is 1.85 bits per heavy atom. The number of rotatable bonds is 5. The van der Waals surface area contributed by atoms with Crippen LogP contribution in [0.2, 0.25) is 0 Å². The molecule has 3 amide bonds. The van der Waals surface area contributed by atoms with Crippen LogP contribution in [0.3, 0.4) is 0 Å². The van der Waals surface area contributed by atoms with E-state index in [2.05, 4.69) is 15.4 Å². The Balaban J connectivity index is 2.09. The maximum absolute atomic E-state index is 12.9. The Kier molecular flexibility index (Phi) is 6.60. The van der Waals surface area contributed by atoms with Gasteiger partial charge in [0.25, 0.3) is 0 Å². The lowest BCUT2D eigenvalue weighted by molar-refractivity contribution is -0.139. The molecule has 2 unspecified atom stereocenters. The summed E-state index contributed by atoms with van der Waals surface area (Å²) in [6, 6.07) is 6.25. The summed E-state index contributed by atoms with van der Waals surface area (Å²) in [6.45, 7) is 6.16. The maximum Gasteiger partial charge on any atom is 0.407 e. The van der Waals surface area contributed by atoms with E-state index in [1.807, 2.05) is 45.0 Å². The molecule has 7 nitrogen and oxygen atoms in total. The second-order valence-corrected chi connectivity index (χ2v) is 6.90. The van der Waals surface area contributed by atoms with Crippen LogP contribution in [0.4, 0.5) is 10.5 Å². The molecule has 0 bridgehead atoms. The maximum atomic E-state index is 12.9. The number of anilines is 1. The minimum atomic E-state index is -0.727. The van der Waals surface area contributed by atoms with Gasteiger partial charge in [-0.3, -0.25) is 9.59 Å². The van der Waals surface area contributed by atoms with E-state index in [-0.39, 0.29) is 17.7 Å². The lowest BCUT2D eigenvalue weighted by Gasteiger charge is -2.30. The monoisotopic (exact) mass is 361 g/mol. The zero-order valence-corrected chi connectivity index (χ0v) is 15.7. The molecule has 1 saturated heterocycles. The van der Waals surface area contributed by atoms with Gasteiger partial charge in [0.05, 0.1) is 7.11 Å². The van der Waals surface area contributed by atoms with Crippen molar-refractivity contribution in [3.8, 4) is 0 Å². The first kappa shape index (κ1) is 19.8. The van der Waals surface area contributed by atoms with Crippen molar-refractivity contribution >= 4 is 23.6 Å². The third kappa shape index (κ3) is 4.74. The molecule has 1 aliphatic heterocycles. The van der Waals surface area contributed by atoms with Gasteiger partial charge in [-0.2, -0.15) is 0 Å². The van der Waals surface area contributed by atoms with E-state index in [0.717, 1.165) is 12.0 Å². The summed E-state index contributed by atoms with van der Waals surface area (Å²) in [5.74, 6) is -0.588. The summed E-state index contributed by atoms with van der Waals surface area (Å²) in [4.78, 5) is 38.7. The number of hydrogen-bond acceptors (Lipinski definition) is 4. The summed E-state index contributed by atoms with van der Waals surface area (Å²) >= 11 is 0. The quantitative estimate of drug-likeness (QED) is 0.842. The molecule has 142 valence electrons. The van der Waals surface area contributed by atoms with Crippen LogP contribution in [0, 0.1) is 12.8 Å². The van der Waals surface area contributed by atoms with Gasteiger partial charge < -0.3 is 20.3 Å². The number of benzene rings is 1. The molecule has 0 aromatic heterocycles. The molecule has 0 saturated carbocycles. The van der Waals surface area contributed by atoms with Crippen LogP contribution in [-0.4, -0.2) is 48.5 Å². The fraction of sp³-hybridized carbons (Fsp3) is 0.526. The molecule has 26 heavy (non-hydrogen) atoms. The van der Waals surface area contributed by atoms with E-state index >= 15 is 0 Å². The standard InChI is InChI=1S/C19H27N3O4/c1-12(2)16(21-19(25)26-4)18(24)22-11-5-6-15(22)17(23)20-14-9-7-13(3)8-10-14/h7-10,12,15-16H,5-6,11H2,1-4H3,(H,20,23)(H,21,25). The number of ether oxygens (including phenoxy) is 1. The fourth-order valence-electron chi connectivity index (χ4n) is 3.04. The van der Waals surface area contributed by atoms with Crippen LogP contribution in [0.1, 0.15) is 32.3 Å². The van der Waals surface area contributed by atoms with Crippen LogP contribution < -0.4 is 10.6 Å². The molecule has 1 aromatic rings. The predicted molar refractivity (Wildman–Crippen MR) is 98.7 cm³/mol. The molecule has 2 atom stereocenters. The normalized spacial score (nSPS) is 17.7. The Hall–Kier alpha value is -2.57. The molecular formula is C19H27N3O4. The van der Waals surface area contributed by atoms with E-state index in [1.165, 1.54) is 7.11 Å². The first-order valence-electron chi connectivity index (χ1n) is 8.86. The molecule has 2 N–H and O–H groups in total. The van der Waals surface area contributed by atoms with E-state index in [1.54, 1.807) is 4.90 Å². The number of likely N-dealkylation sites (tertiary alicyclic amines) is 1. The van der Waals surface area contributed by atoms with Crippen molar-refractivity contribution in [1.82, 2.24) is 10.2 Å². The number of amides is 3. The van der Waals surface area contributed by atoms with Gasteiger partial charge in [-0.15, -0.1) is 0 Å². The molecule has 1 aromatic carbocycles. The number of alkyl carbamates (subject to hydrolysis) is 1. The lowest BCUT2D eigenvalue weighted by atomic mass is 10.0. The van der Waals surface area contributed by atoms with Crippen LogP contribution in [0.15, 0.2) is 24.3 Å². The second-order valence-electron chi connectivity index (χ2n) is 6.90. The SMILES string of the molecule is COC(=O)NC(C(=O)N1CCCC1C(=O)Nc1ccc(C)cc1)C(C)C. The molecule has 0 aliphatic carbocycles. The first-order chi connectivity index (χ1) is 12.3. The largest absolute Gasteiger partial charge is 0.453 e. The highest BCUT2D eigenvalue weighted by Gasteiger charge is 2.38. The number of aryl methyl sites for hydroxylation is 1. The highest BCUT2D eigenvalue weighted by Crippen LogP contribution is 2.22. The predicted octanol–water partition coefficient (Wildman–Crippen LogP) is 2.31. The number of nitrogens with one attached hydrogen (secondary N) is 2. The molecule has 1 fully saturated rings. The van der Waals surface area contributed by atoms with Crippen molar-refractivity contribution in [3.63, 3.8) is 0 Å². The number of nitrogens with zero attached hydrogens (tertiary/aromatic N) is 1. The fourth-order valence-corrected chi connectivity index (χ4v) is 3.04. The molecular weight excluding hydrogens is 334 g/mol. The van der Waals surface area contributed by atoms with Crippen molar-refractivity contribution in [1.29, 1.82) is 0 Å². The molecule has 2 rings (SSSR count). The topological polar surface area (TPSA) is 87.7 Å². The van der Waals surface area contributed by atoms with E-state index in [0.29, 0.717) is 18.7 Å². The van der Waals surface area contributed by atoms with Gasteiger partial charge >= 0.3 is 6.09 Å². The van der Waals surface area contributed by atoms with Crippen LogP contribution in [0.5, 0.6) is 0 Å². The van der Waals surface area contributed by atoms with E-state index < -0.39 is 18.2 Å². The number of hydrogen-bond donors (Lipinski definition) is 2. The second kappa shape index (κ2) is 8.69. The smallest absolute Gasteiger partial charge is 0.407 e. The highest BCUT2D eigenvalue weighted by atomic mass is 16.5. The van der Waals surface area contributed by atoms with Gasteiger partial charge in [-0.05, 0) is 37.8 Å². The lowest BCUT2D eigenvalue weighted by Crippen LogP contribution is -2.54. The Morgan fingerprint density at radius 3 is 2.42 bits per heavy atom. The van der Waals surface area contributed by atoms with Gasteiger partial charge in [0.2, 0.25) is 11.8 Å². The molecule has 1 aliphatic rings. The van der Waals surface area contributed by atoms with E-state index in [9.17, 15) is 14.4 Å². The zero-order chi connectivity index (χ0) is 19.3. The van der Waals surface area contributed by atoms with Gasteiger partial charge in [-0.25, -0.2) is 4.79 Å². The third-order valence-electron chi connectivity index (χ3n) is 4.55. The highest BCUT2D eigenvalue weighted by molar-refractivity contribution is 5.98. The van der Waals surface area contributed by atoms with Gasteiger partial charge in [0.15, 0.2) is 0 Å². The van der Waals surface area contributed by atoms with Crippen molar-refractivity contribution in [2.24, 2.45) is 5.92 Å². The van der Waals surface area contributed by atoms with Crippen LogP contribution >= 0.6 is 0 Å². The number of carbonyl (C=O) groups is 3. The van der Waals surface area contributed by atoms with E-state index in [4.69, 9.17) is 0 Å². The molecule has 0 spiro atoms. The van der Waals surface area contributed by atoms with Crippen LogP contribution in [0.25, 0.3) is 0 Å². The Labute approximate surface area is 154 Å². The Bertz CT molecular complexity index is 657. The third-order valence-corrected chi connectivity index (χ3v) is 4.55. The summed E-state index contributed by atoms with van der Waals surface area (Å²) < 4.78 is 4.61. The molecule has 7 heteroatoms. The van der Waals surface area contributed by atoms with Crippen molar-refractivity contribution in [3.05, 3.63) is 29.8 Å². The van der Waals surface area contributed by atoms with Gasteiger partial charge in [0, 0.05) is 12.2 Å². The Morgan fingerprint density at radius 1 is 1.19 bits per heavy atom. The molecule has 1 heterocycles. The van der Waals surface area contributed by atoms with Crippen molar-refractivity contribution < 1.29 is 19.1 Å². The first-order valence-corrected chi connectivity index (χ1v) is 8.86. The van der Waals surface area contributed by atoms with Crippen molar-refractivity contribution in [2.75, 3.05) is 19.0 Å². The van der Waals surface area contributed by atoms with Crippen molar-refractivity contribution in [2.45, 2.75) is 45.7 Å². The summed E-state index contributed by atoms with van der Waals surface area (Å²) in [5.41, 5.74) is 1.81. The van der Waals surface area contributed by atoms with Gasteiger partial charge in [-0.1, -0.05) is 31.5 Å². The minimum absolute atomic E-state index is 0.122. The zero-order valence-electron chi connectivity index (χ0n) is 15.7. The summed E-state index contributed by atoms with van der Waals surface area (Å²) in [6.07, 6.45) is 0.699. The average molecular weight is 361 g/mol. The summed E-state index contributed by atoms with van der Waals surface area (Å²) in [5, 5.41) is 5.45.